The second-order valence-corrected chi connectivity index (χ2v) is 10.5. The van der Waals surface area contributed by atoms with Crippen molar-refractivity contribution in [3.05, 3.63) is 83.9 Å². The number of nitrogens with zero attached hydrogens (tertiary/aromatic N) is 1. The third kappa shape index (κ3) is 7.33. The first-order valence-electron chi connectivity index (χ1n) is 11.8. The van der Waals surface area contributed by atoms with Crippen molar-refractivity contribution in [2.45, 2.75) is 17.3 Å². The average Bonchev–Trinajstić information content (AvgIpc) is 3.38. The molecule has 1 heterocycles. The molecule has 0 spiro atoms. The molecule has 0 saturated carbocycles. The fourth-order valence-electron chi connectivity index (χ4n) is 3.38. The van der Waals surface area contributed by atoms with Crippen LogP contribution in [0.3, 0.4) is 0 Å². The number of carbonyl (C=O) groups is 4. The van der Waals surface area contributed by atoms with Gasteiger partial charge in [0.2, 0.25) is 5.91 Å². The lowest BCUT2D eigenvalue weighted by Crippen LogP contribution is -2.51. The molecule has 4 aromatic rings. The Morgan fingerprint density at radius 1 is 0.923 bits per heavy atom. The van der Waals surface area contributed by atoms with Crippen LogP contribution in [0.15, 0.2) is 77.1 Å². The van der Waals surface area contributed by atoms with E-state index >= 15 is 0 Å². The van der Waals surface area contributed by atoms with E-state index in [9.17, 15) is 19.2 Å². The molecule has 0 bridgehead atoms. The first kappa shape index (κ1) is 27.6. The normalized spacial score (nSPS) is 11.3. The van der Waals surface area contributed by atoms with Crippen LogP contribution in [-0.4, -0.2) is 47.5 Å². The summed E-state index contributed by atoms with van der Waals surface area (Å²) in [5.74, 6) is -1.33. The van der Waals surface area contributed by atoms with Gasteiger partial charge in [-0.15, -0.1) is 11.3 Å². The predicted molar refractivity (Wildman–Crippen MR) is 151 cm³/mol. The summed E-state index contributed by atoms with van der Waals surface area (Å²) < 4.78 is 6.88. The second kappa shape index (κ2) is 12.9. The number of fused-ring (bicyclic) bond motifs is 1. The molecule has 1 atom stereocenters. The monoisotopic (exact) mass is 563 g/mol. The highest BCUT2D eigenvalue weighted by atomic mass is 32.2. The Labute approximate surface area is 232 Å². The van der Waals surface area contributed by atoms with E-state index in [2.05, 4.69) is 26.5 Å². The quantitative estimate of drug-likeness (QED) is 0.180. The summed E-state index contributed by atoms with van der Waals surface area (Å²) in [5, 5.41) is 5.30. The maximum atomic E-state index is 12.9. The number of rotatable bonds is 9. The van der Waals surface area contributed by atoms with Crippen LogP contribution in [0.2, 0.25) is 0 Å². The van der Waals surface area contributed by atoms with Gasteiger partial charge in [-0.25, -0.2) is 4.98 Å². The number of amides is 4. The van der Waals surface area contributed by atoms with Crippen LogP contribution in [0.1, 0.15) is 27.6 Å². The lowest BCUT2D eigenvalue weighted by Gasteiger charge is -2.16. The zero-order chi connectivity index (χ0) is 27.8. The van der Waals surface area contributed by atoms with Crippen LogP contribution in [0, 0.1) is 0 Å². The number of hydrazine groups is 1. The molecule has 0 saturated heterocycles. The number of hydrogen-bond acceptors (Lipinski definition) is 8. The number of hydrogen-bond donors (Lipinski definition) is 4. The SMILES string of the molecule is COc1ccc(C(=O)Nc2ccccc2C(=O)NC(C)C(=O)NNC(=O)CSc2nc3ccccc3s2)cc1. The van der Waals surface area contributed by atoms with E-state index in [0.717, 1.165) is 14.6 Å². The molecule has 0 fully saturated rings. The van der Waals surface area contributed by atoms with Crippen LogP contribution in [0.5, 0.6) is 5.75 Å². The largest absolute Gasteiger partial charge is 0.497 e. The molecule has 10 nitrogen and oxygen atoms in total. The van der Waals surface area contributed by atoms with Crippen LogP contribution in [0.25, 0.3) is 10.2 Å². The Morgan fingerprint density at radius 3 is 2.38 bits per heavy atom. The standard InChI is InChI=1S/C27H25N5O5S2/c1-16(24(34)32-31-23(33)15-38-27-30-21-9-5-6-10-22(21)39-27)28-26(36)19-7-3-4-8-20(19)29-25(35)17-11-13-18(37-2)14-12-17/h3-14,16H,15H2,1-2H3,(H,28,36)(H,29,35)(H,31,33)(H,32,34). The first-order valence-corrected chi connectivity index (χ1v) is 13.6. The van der Waals surface area contributed by atoms with Crippen molar-refractivity contribution in [3.8, 4) is 5.75 Å². The van der Waals surface area contributed by atoms with Gasteiger partial charge in [0.05, 0.1) is 34.3 Å². The summed E-state index contributed by atoms with van der Waals surface area (Å²) in [4.78, 5) is 54.7. The van der Waals surface area contributed by atoms with Gasteiger partial charge in [0, 0.05) is 5.56 Å². The molecule has 12 heteroatoms. The minimum atomic E-state index is -0.972. The number of methoxy groups -OCH3 is 1. The van der Waals surface area contributed by atoms with Crippen LogP contribution in [0.4, 0.5) is 5.69 Å². The number of nitrogens with one attached hydrogen (secondary N) is 4. The molecule has 1 aromatic heterocycles. The molecule has 200 valence electrons. The maximum absolute atomic E-state index is 12.9. The zero-order valence-corrected chi connectivity index (χ0v) is 22.7. The van der Waals surface area contributed by atoms with Gasteiger partial charge in [-0.2, -0.15) is 0 Å². The predicted octanol–water partition coefficient (Wildman–Crippen LogP) is 3.62. The Balaban J connectivity index is 1.27. The number of aromatic nitrogens is 1. The highest BCUT2D eigenvalue weighted by molar-refractivity contribution is 8.01. The summed E-state index contributed by atoms with van der Waals surface area (Å²) in [6.07, 6.45) is 0. The van der Waals surface area contributed by atoms with E-state index < -0.39 is 29.7 Å². The molecular formula is C27H25N5O5S2. The second-order valence-electron chi connectivity index (χ2n) is 8.20. The zero-order valence-electron chi connectivity index (χ0n) is 21.0. The van der Waals surface area contributed by atoms with E-state index in [4.69, 9.17) is 4.74 Å². The summed E-state index contributed by atoms with van der Waals surface area (Å²) in [6.45, 7) is 1.48. The van der Waals surface area contributed by atoms with Crippen molar-refractivity contribution in [2.24, 2.45) is 0 Å². The number of anilines is 1. The molecule has 0 aliphatic carbocycles. The van der Waals surface area contributed by atoms with Gasteiger partial charge in [0.1, 0.15) is 11.8 Å². The van der Waals surface area contributed by atoms with E-state index in [0.29, 0.717) is 11.3 Å². The average molecular weight is 564 g/mol. The lowest BCUT2D eigenvalue weighted by atomic mass is 10.1. The summed E-state index contributed by atoms with van der Waals surface area (Å²) in [5.41, 5.74) is 6.37. The molecule has 3 aromatic carbocycles. The Bertz CT molecular complexity index is 1470. The van der Waals surface area contributed by atoms with E-state index in [1.807, 2.05) is 24.3 Å². The maximum Gasteiger partial charge on any atom is 0.260 e. The van der Waals surface area contributed by atoms with Gasteiger partial charge < -0.3 is 15.4 Å². The van der Waals surface area contributed by atoms with Crippen molar-refractivity contribution in [1.82, 2.24) is 21.2 Å². The van der Waals surface area contributed by atoms with Gasteiger partial charge in [0.25, 0.3) is 17.7 Å². The number of thioether (sulfide) groups is 1. The van der Waals surface area contributed by atoms with Gasteiger partial charge >= 0.3 is 0 Å². The summed E-state index contributed by atoms with van der Waals surface area (Å²) in [6, 6.07) is 19.7. The van der Waals surface area contributed by atoms with E-state index in [1.54, 1.807) is 42.5 Å². The lowest BCUT2D eigenvalue weighted by molar-refractivity contribution is -0.128. The smallest absolute Gasteiger partial charge is 0.260 e. The highest BCUT2D eigenvalue weighted by Gasteiger charge is 2.20. The minimum Gasteiger partial charge on any atom is -0.497 e. The Hall–Kier alpha value is -4.42. The number of thiazole rings is 1. The highest BCUT2D eigenvalue weighted by Crippen LogP contribution is 2.29. The summed E-state index contributed by atoms with van der Waals surface area (Å²) in [7, 11) is 1.53. The Kier molecular flexibility index (Phi) is 9.13. The topological polar surface area (TPSA) is 139 Å². The van der Waals surface area contributed by atoms with Gasteiger partial charge in [0.15, 0.2) is 4.34 Å². The van der Waals surface area contributed by atoms with Crippen molar-refractivity contribution >= 4 is 62.6 Å². The van der Waals surface area contributed by atoms with Crippen LogP contribution < -0.4 is 26.2 Å². The molecule has 4 amide bonds. The van der Waals surface area contributed by atoms with Crippen molar-refractivity contribution in [2.75, 3.05) is 18.2 Å². The first-order chi connectivity index (χ1) is 18.8. The molecule has 1 unspecified atom stereocenters. The van der Waals surface area contributed by atoms with E-state index in [-0.39, 0.29) is 17.0 Å². The van der Waals surface area contributed by atoms with Crippen molar-refractivity contribution < 1.29 is 23.9 Å². The molecule has 4 rings (SSSR count). The number of para-hydroxylation sites is 2. The molecule has 0 aliphatic rings. The molecule has 0 aliphatic heterocycles. The third-order valence-electron chi connectivity index (χ3n) is 5.44. The van der Waals surface area contributed by atoms with Crippen molar-refractivity contribution in [3.63, 3.8) is 0 Å². The van der Waals surface area contributed by atoms with Gasteiger partial charge in [-0.05, 0) is 55.5 Å². The molecule has 4 N–H and O–H groups in total. The number of ether oxygens (including phenoxy) is 1. The van der Waals surface area contributed by atoms with E-state index in [1.165, 1.54) is 43.2 Å². The molecule has 0 radical (unpaired) electrons. The van der Waals surface area contributed by atoms with Gasteiger partial charge in [-0.1, -0.05) is 36.0 Å². The minimum absolute atomic E-state index is 0.0576. The third-order valence-corrected chi connectivity index (χ3v) is 7.62. The fourth-order valence-corrected chi connectivity index (χ4v) is 5.25. The Morgan fingerprint density at radius 2 is 1.64 bits per heavy atom. The fraction of sp³-hybridized carbons (Fsp3) is 0.148. The molecule has 39 heavy (non-hydrogen) atoms. The number of benzene rings is 3. The van der Waals surface area contributed by atoms with Crippen LogP contribution in [-0.2, 0) is 9.59 Å². The summed E-state index contributed by atoms with van der Waals surface area (Å²) >= 11 is 2.75. The van der Waals surface area contributed by atoms with Crippen LogP contribution >= 0.6 is 23.1 Å². The van der Waals surface area contributed by atoms with Gasteiger partial charge in [-0.3, -0.25) is 30.0 Å². The molecular weight excluding hydrogens is 538 g/mol. The van der Waals surface area contributed by atoms with Crippen molar-refractivity contribution in [1.29, 1.82) is 0 Å². The number of carbonyl (C=O) groups excluding carboxylic acids is 4.